The number of carbonyl (C=O) groups is 1. The number of nitrogens with one attached hydrogen (secondary N) is 2. The molecular formula is C20H19ClF2N2O6S. The van der Waals surface area contributed by atoms with Crippen LogP contribution in [0.4, 0.5) is 25.0 Å². The van der Waals surface area contributed by atoms with Crippen molar-refractivity contribution in [2.24, 2.45) is 0 Å². The van der Waals surface area contributed by atoms with Gasteiger partial charge in [0.1, 0.15) is 4.90 Å². The lowest BCUT2D eigenvalue weighted by molar-refractivity contribution is -0.286. The number of halogens is 3. The van der Waals surface area contributed by atoms with Crippen molar-refractivity contribution in [3.8, 4) is 17.2 Å². The number of aromatic hydroxyl groups is 1. The number of anilines is 2. The molecule has 3 N–H and O–H groups in total. The van der Waals surface area contributed by atoms with Crippen LogP contribution in [0.5, 0.6) is 17.2 Å². The Labute approximate surface area is 187 Å². The molecule has 172 valence electrons. The number of phenolic OH excluding ortho intramolecular Hbond substituents is 1. The van der Waals surface area contributed by atoms with E-state index in [-0.39, 0.29) is 27.9 Å². The number of para-hydroxylation sites is 1. The molecular weight excluding hydrogens is 470 g/mol. The van der Waals surface area contributed by atoms with Crippen molar-refractivity contribution in [1.82, 2.24) is 0 Å². The molecule has 12 heteroatoms. The summed E-state index contributed by atoms with van der Waals surface area (Å²) in [5.41, 5.74) is -0.322. The molecule has 32 heavy (non-hydrogen) atoms. The number of amides is 2. The zero-order chi connectivity index (χ0) is 23.1. The van der Waals surface area contributed by atoms with Crippen molar-refractivity contribution in [2.75, 3.05) is 10.6 Å². The van der Waals surface area contributed by atoms with E-state index in [1.165, 1.54) is 30.3 Å². The Kier molecular flexibility index (Phi) is 5.80. The number of phenols is 1. The van der Waals surface area contributed by atoms with Gasteiger partial charge in [-0.25, -0.2) is 13.2 Å². The second-order valence-corrected chi connectivity index (χ2v) is 10.0. The number of carbonyl (C=O) groups excluding carboxylic acids is 1. The van der Waals surface area contributed by atoms with Crippen molar-refractivity contribution >= 4 is 38.8 Å². The first-order valence-electron chi connectivity index (χ1n) is 9.81. The van der Waals surface area contributed by atoms with Gasteiger partial charge in [-0.1, -0.05) is 36.9 Å². The molecule has 1 fully saturated rings. The van der Waals surface area contributed by atoms with Crippen LogP contribution in [0.25, 0.3) is 0 Å². The Morgan fingerprint density at radius 3 is 2.47 bits per heavy atom. The molecule has 0 saturated heterocycles. The molecule has 2 amide bonds. The van der Waals surface area contributed by atoms with Gasteiger partial charge in [0.05, 0.1) is 21.6 Å². The van der Waals surface area contributed by atoms with Crippen molar-refractivity contribution in [3.63, 3.8) is 0 Å². The topological polar surface area (TPSA) is 114 Å². The van der Waals surface area contributed by atoms with Crippen molar-refractivity contribution in [3.05, 3.63) is 35.4 Å². The number of hydrogen-bond acceptors (Lipinski definition) is 6. The van der Waals surface area contributed by atoms with Crippen LogP contribution in [0.1, 0.15) is 32.1 Å². The molecule has 1 aliphatic heterocycles. The summed E-state index contributed by atoms with van der Waals surface area (Å²) in [4.78, 5) is 12.0. The number of hydrogen-bond donors (Lipinski definition) is 3. The highest BCUT2D eigenvalue weighted by molar-refractivity contribution is 7.92. The SMILES string of the molecule is O=C(Nc1ccc(Cl)c(S(=O)(=O)C2CCCCC2)c1O)Nc1cccc2c1OC(F)(F)O2. The third-order valence-corrected chi connectivity index (χ3v) is 8.04. The second-order valence-electron chi connectivity index (χ2n) is 7.46. The van der Waals surface area contributed by atoms with Crippen LogP contribution < -0.4 is 20.1 Å². The fourth-order valence-electron chi connectivity index (χ4n) is 3.80. The number of ether oxygens (including phenoxy) is 2. The maximum absolute atomic E-state index is 13.3. The highest BCUT2D eigenvalue weighted by Crippen LogP contribution is 2.46. The van der Waals surface area contributed by atoms with Gasteiger partial charge in [-0.15, -0.1) is 8.78 Å². The summed E-state index contributed by atoms with van der Waals surface area (Å²) in [5, 5.41) is 14.4. The van der Waals surface area contributed by atoms with Gasteiger partial charge in [-0.05, 0) is 37.1 Å². The molecule has 2 aromatic carbocycles. The fraction of sp³-hybridized carbons (Fsp3) is 0.350. The van der Waals surface area contributed by atoms with Crippen LogP contribution in [0.2, 0.25) is 5.02 Å². The average molecular weight is 489 g/mol. The zero-order valence-electron chi connectivity index (χ0n) is 16.5. The third kappa shape index (κ3) is 4.26. The lowest BCUT2D eigenvalue weighted by Gasteiger charge is -2.23. The summed E-state index contributed by atoms with van der Waals surface area (Å²) in [6.45, 7) is 0. The summed E-state index contributed by atoms with van der Waals surface area (Å²) < 4.78 is 61.5. The van der Waals surface area contributed by atoms with Crippen molar-refractivity contribution < 1.29 is 36.6 Å². The van der Waals surface area contributed by atoms with E-state index in [4.69, 9.17) is 11.6 Å². The Morgan fingerprint density at radius 1 is 1.06 bits per heavy atom. The standard InChI is InChI=1S/C20H19ClF2N2O6S/c21-12-9-10-13(16(26)18(12)32(28,29)11-5-2-1-3-6-11)24-19(27)25-14-7-4-8-15-17(14)31-20(22,23)30-15/h4,7-11,26H,1-3,5-6H2,(H2,24,25,27). The molecule has 0 spiro atoms. The minimum Gasteiger partial charge on any atom is -0.504 e. The maximum atomic E-state index is 13.3. The first-order chi connectivity index (χ1) is 15.1. The smallest absolute Gasteiger partial charge is 0.504 e. The molecule has 2 aliphatic rings. The quantitative estimate of drug-likeness (QED) is 0.515. The predicted molar refractivity (Wildman–Crippen MR) is 112 cm³/mol. The van der Waals surface area contributed by atoms with Gasteiger partial charge in [0.2, 0.25) is 0 Å². The Balaban J connectivity index is 1.57. The van der Waals surface area contributed by atoms with Crippen LogP contribution >= 0.6 is 11.6 Å². The molecule has 8 nitrogen and oxygen atoms in total. The maximum Gasteiger partial charge on any atom is 0.586 e. The van der Waals surface area contributed by atoms with Crippen molar-refractivity contribution in [2.45, 2.75) is 48.5 Å². The zero-order valence-corrected chi connectivity index (χ0v) is 18.1. The number of benzene rings is 2. The van der Waals surface area contributed by atoms with Crippen LogP contribution in [-0.4, -0.2) is 31.1 Å². The third-order valence-electron chi connectivity index (χ3n) is 5.28. The first kappa shape index (κ1) is 22.4. The number of fused-ring (bicyclic) bond motifs is 1. The van der Waals surface area contributed by atoms with E-state index in [9.17, 15) is 27.1 Å². The molecule has 0 aromatic heterocycles. The summed E-state index contributed by atoms with van der Waals surface area (Å²) in [5.74, 6) is -1.32. The van der Waals surface area contributed by atoms with E-state index >= 15 is 0 Å². The first-order valence-corrected chi connectivity index (χ1v) is 11.7. The van der Waals surface area contributed by atoms with Crippen LogP contribution in [-0.2, 0) is 9.84 Å². The van der Waals surface area contributed by atoms with Crippen LogP contribution in [0.15, 0.2) is 35.2 Å². The molecule has 0 atom stereocenters. The normalized spacial score (nSPS) is 17.7. The van der Waals surface area contributed by atoms with Crippen molar-refractivity contribution in [1.29, 1.82) is 0 Å². The highest BCUT2D eigenvalue weighted by atomic mass is 35.5. The van der Waals surface area contributed by atoms with Gasteiger partial charge in [0, 0.05) is 0 Å². The van der Waals surface area contributed by atoms with E-state index in [1.807, 2.05) is 0 Å². The molecule has 4 rings (SSSR count). The number of sulfone groups is 1. The molecule has 1 saturated carbocycles. The van der Waals surface area contributed by atoms with Gasteiger partial charge >= 0.3 is 12.3 Å². The average Bonchev–Trinajstić information content (AvgIpc) is 3.06. The summed E-state index contributed by atoms with van der Waals surface area (Å²) >= 11 is 6.09. The minimum absolute atomic E-state index is 0.110. The number of rotatable bonds is 4. The van der Waals surface area contributed by atoms with E-state index in [2.05, 4.69) is 20.1 Å². The predicted octanol–water partition coefficient (Wildman–Crippen LogP) is 5.12. The van der Waals surface area contributed by atoms with E-state index in [1.54, 1.807) is 0 Å². The summed E-state index contributed by atoms with van der Waals surface area (Å²) in [6, 6.07) is 5.48. The summed E-state index contributed by atoms with van der Waals surface area (Å²) in [7, 11) is -3.94. The Morgan fingerprint density at radius 2 is 1.75 bits per heavy atom. The van der Waals surface area contributed by atoms with E-state index < -0.39 is 38.1 Å². The Hall–Kier alpha value is -2.79. The van der Waals surface area contributed by atoms with Gasteiger partial charge in [-0.3, -0.25) is 0 Å². The van der Waals surface area contributed by atoms with Crippen LogP contribution in [0.3, 0.4) is 0 Å². The molecule has 0 unspecified atom stereocenters. The second kappa shape index (κ2) is 8.28. The number of urea groups is 1. The molecule has 1 aliphatic carbocycles. The Bertz CT molecular complexity index is 1170. The lowest BCUT2D eigenvalue weighted by Crippen LogP contribution is -2.26. The monoisotopic (exact) mass is 488 g/mol. The molecule has 0 bridgehead atoms. The van der Waals surface area contributed by atoms with Gasteiger partial charge < -0.3 is 25.2 Å². The van der Waals surface area contributed by atoms with Gasteiger partial charge in [0.15, 0.2) is 27.1 Å². The van der Waals surface area contributed by atoms with Gasteiger partial charge in [0.25, 0.3) is 0 Å². The fourth-order valence-corrected chi connectivity index (χ4v) is 6.29. The minimum atomic E-state index is -3.94. The molecule has 1 heterocycles. The van der Waals surface area contributed by atoms with Crippen LogP contribution in [0, 0.1) is 0 Å². The summed E-state index contributed by atoms with van der Waals surface area (Å²) in [6.07, 6.45) is -0.487. The van der Waals surface area contributed by atoms with Gasteiger partial charge in [-0.2, -0.15) is 0 Å². The van der Waals surface area contributed by atoms with E-state index in [0.29, 0.717) is 12.8 Å². The highest BCUT2D eigenvalue weighted by Gasteiger charge is 2.44. The van der Waals surface area contributed by atoms with E-state index in [0.717, 1.165) is 19.3 Å². The largest absolute Gasteiger partial charge is 0.586 e. The molecule has 0 radical (unpaired) electrons. The molecule has 2 aromatic rings. The lowest BCUT2D eigenvalue weighted by atomic mass is 10.0. The number of alkyl halides is 2.